The van der Waals surface area contributed by atoms with Crippen LogP contribution in [0.4, 0.5) is 5.69 Å². The van der Waals surface area contributed by atoms with Crippen LogP contribution in [0.1, 0.15) is 38.0 Å². The quantitative estimate of drug-likeness (QED) is 0.766. The van der Waals surface area contributed by atoms with Gasteiger partial charge in [-0.1, -0.05) is 50.6 Å². The Morgan fingerprint density at radius 3 is 2.28 bits per heavy atom. The maximum absolute atomic E-state index is 11.0. The predicted molar refractivity (Wildman–Crippen MR) is 103 cm³/mol. The van der Waals surface area contributed by atoms with E-state index in [2.05, 4.69) is 26.1 Å². The molecule has 1 atom stereocenters. The topological polar surface area (TPSA) is 50.7 Å². The molecule has 0 heterocycles. The van der Waals surface area contributed by atoms with E-state index in [9.17, 15) is 5.11 Å². The minimum atomic E-state index is -0.897. The highest BCUT2D eigenvalue weighted by Crippen LogP contribution is 2.40. The van der Waals surface area contributed by atoms with Crippen LogP contribution in [0.5, 0.6) is 11.5 Å². The van der Waals surface area contributed by atoms with Crippen molar-refractivity contribution in [1.29, 1.82) is 0 Å². The molecule has 0 spiro atoms. The van der Waals surface area contributed by atoms with Crippen LogP contribution < -0.4 is 14.8 Å². The standard InChI is InChI=1S/C20H26ClNO3/c1-20(2,3)12-22-18-15(10-13(21)11-17(18)25-5)19(23)14-8-6-7-9-16(14)24-4/h6-11,19,22-23H,12H2,1-5H3. The van der Waals surface area contributed by atoms with Crippen LogP contribution in [-0.4, -0.2) is 25.9 Å². The minimum Gasteiger partial charge on any atom is -0.496 e. The van der Waals surface area contributed by atoms with Crippen molar-refractivity contribution in [3.8, 4) is 11.5 Å². The Kier molecular flexibility index (Phi) is 6.20. The number of hydrogen-bond acceptors (Lipinski definition) is 4. The van der Waals surface area contributed by atoms with Crippen LogP contribution in [-0.2, 0) is 0 Å². The van der Waals surface area contributed by atoms with Gasteiger partial charge in [0.05, 0.1) is 19.9 Å². The van der Waals surface area contributed by atoms with E-state index in [1.807, 2.05) is 24.3 Å². The summed E-state index contributed by atoms with van der Waals surface area (Å²) in [6, 6.07) is 10.9. The van der Waals surface area contributed by atoms with Crippen molar-refractivity contribution in [1.82, 2.24) is 0 Å². The molecule has 0 saturated carbocycles. The van der Waals surface area contributed by atoms with Crippen LogP contribution in [0.3, 0.4) is 0 Å². The Bertz CT molecular complexity index is 725. The van der Waals surface area contributed by atoms with E-state index >= 15 is 0 Å². The van der Waals surface area contributed by atoms with Crippen molar-refractivity contribution in [2.45, 2.75) is 26.9 Å². The number of nitrogens with one attached hydrogen (secondary N) is 1. The molecular formula is C20H26ClNO3. The molecule has 2 N–H and O–H groups in total. The van der Waals surface area contributed by atoms with Crippen LogP contribution in [0.25, 0.3) is 0 Å². The lowest BCUT2D eigenvalue weighted by Crippen LogP contribution is -2.20. The number of methoxy groups -OCH3 is 2. The molecule has 5 heteroatoms. The van der Waals surface area contributed by atoms with Crippen LogP contribution in [0.15, 0.2) is 36.4 Å². The Labute approximate surface area is 154 Å². The van der Waals surface area contributed by atoms with E-state index in [4.69, 9.17) is 21.1 Å². The van der Waals surface area contributed by atoms with Gasteiger partial charge in [0.15, 0.2) is 0 Å². The fourth-order valence-electron chi connectivity index (χ4n) is 2.58. The highest BCUT2D eigenvalue weighted by atomic mass is 35.5. The first kappa shape index (κ1) is 19.4. The number of aliphatic hydroxyl groups is 1. The summed E-state index contributed by atoms with van der Waals surface area (Å²) in [7, 11) is 3.18. The third kappa shape index (κ3) is 4.80. The molecule has 0 saturated heterocycles. The Morgan fingerprint density at radius 2 is 1.68 bits per heavy atom. The summed E-state index contributed by atoms with van der Waals surface area (Å²) in [5.74, 6) is 1.22. The van der Waals surface area contributed by atoms with E-state index in [0.29, 0.717) is 27.6 Å². The van der Waals surface area contributed by atoms with Crippen LogP contribution >= 0.6 is 11.6 Å². The molecule has 2 aromatic rings. The number of ether oxygens (including phenoxy) is 2. The van der Waals surface area contributed by atoms with Crippen molar-refractivity contribution in [2.75, 3.05) is 26.1 Å². The molecule has 2 rings (SSSR count). The summed E-state index contributed by atoms with van der Waals surface area (Å²) >= 11 is 6.25. The summed E-state index contributed by atoms with van der Waals surface area (Å²) < 4.78 is 10.9. The van der Waals surface area contributed by atoms with Gasteiger partial charge in [-0.15, -0.1) is 0 Å². The van der Waals surface area contributed by atoms with Gasteiger partial charge < -0.3 is 19.9 Å². The molecule has 0 fully saturated rings. The molecule has 0 amide bonds. The highest BCUT2D eigenvalue weighted by Gasteiger charge is 2.23. The summed E-state index contributed by atoms with van der Waals surface area (Å²) in [5.41, 5.74) is 2.13. The maximum atomic E-state index is 11.0. The van der Waals surface area contributed by atoms with Gasteiger partial charge >= 0.3 is 0 Å². The van der Waals surface area contributed by atoms with Crippen LogP contribution in [0, 0.1) is 5.41 Å². The Balaban J connectivity index is 2.52. The van der Waals surface area contributed by atoms with E-state index < -0.39 is 6.10 Å². The lowest BCUT2D eigenvalue weighted by atomic mass is 9.95. The van der Waals surface area contributed by atoms with Crippen molar-refractivity contribution in [2.24, 2.45) is 5.41 Å². The number of anilines is 1. The number of halogens is 1. The molecule has 136 valence electrons. The summed E-state index contributed by atoms with van der Waals surface area (Å²) in [5, 5.41) is 14.9. The smallest absolute Gasteiger partial charge is 0.143 e. The van der Waals surface area contributed by atoms with E-state index in [0.717, 1.165) is 12.2 Å². The van der Waals surface area contributed by atoms with E-state index in [1.54, 1.807) is 26.4 Å². The van der Waals surface area contributed by atoms with Crippen molar-refractivity contribution in [3.63, 3.8) is 0 Å². The SMILES string of the molecule is COc1ccccc1C(O)c1cc(Cl)cc(OC)c1NCC(C)(C)C. The van der Waals surface area contributed by atoms with Gasteiger partial charge in [0.25, 0.3) is 0 Å². The molecule has 0 aromatic heterocycles. The molecule has 0 radical (unpaired) electrons. The third-order valence-corrected chi connectivity index (χ3v) is 4.06. The molecule has 2 aromatic carbocycles. The zero-order chi connectivity index (χ0) is 18.6. The highest BCUT2D eigenvalue weighted by molar-refractivity contribution is 6.31. The third-order valence-electron chi connectivity index (χ3n) is 3.84. The summed E-state index contributed by atoms with van der Waals surface area (Å²) in [6.07, 6.45) is -0.897. The van der Waals surface area contributed by atoms with Gasteiger partial charge in [-0.2, -0.15) is 0 Å². The van der Waals surface area contributed by atoms with Gasteiger partial charge in [0.1, 0.15) is 17.6 Å². The largest absolute Gasteiger partial charge is 0.496 e. The van der Waals surface area contributed by atoms with Gasteiger partial charge in [-0.3, -0.25) is 0 Å². The molecule has 0 bridgehead atoms. The van der Waals surface area contributed by atoms with E-state index in [-0.39, 0.29) is 5.41 Å². The van der Waals surface area contributed by atoms with Crippen LogP contribution in [0.2, 0.25) is 5.02 Å². The predicted octanol–water partition coefficient (Wildman–Crippen LogP) is 4.90. The van der Waals surface area contributed by atoms with Gasteiger partial charge in [0.2, 0.25) is 0 Å². The number of hydrogen-bond donors (Lipinski definition) is 2. The first-order valence-corrected chi connectivity index (χ1v) is 8.57. The molecule has 0 aliphatic rings. The minimum absolute atomic E-state index is 0.0668. The zero-order valence-corrected chi connectivity index (χ0v) is 16.1. The number of para-hydroxylation sites is 1. The molecule has 0 aliphatic heterocycles. The van der Waals surface area contributed by atoms with Crippen molar-refractivity contribution in [3.05, 3.63) is 52.5 Å². The monoisotopic (exact) mass is 363 g/mol. The lowest BCUT2D eigenvalue weighted by molar-refractivity contribution is 0.215. The zero-order valence-electron chi connectivity index (χ0n) is 15.4. The summed E-state index contributed by atoms with van der Waals surface area (Å²) in [6.45, 7) is 7.13. The Hall–Kier alpha value is -1.91. The average Bonchev–Trinajstić information content (AvgIpc) is 2.58. The first-order valence-electron chi connectivity index (χ1n) is 8.19. The fraction of sp³-hybridized carbons (Fsp3) is 0.400. The molecule has 0 aliphatic carbocycles. The molecule has 25 heavy (non-hydrogen) atoms. The van der Waals surface area contributed by atoms with Gasteiger partial charge in [-0.05, 0) is 17.5 Å². The second-order valence-electron chi connectivity index (χ2n) is 7.13. The Morgan fingerprint density at radius 1 is 1.04 bits per heavy atom. The molecule has 1 unspecified atom stereocenters. The van der Waals surface area contributed by atoms with Crippen molar-refractivity contribution >= 4 is 17.3 Å². The number of benzene rings is 2. The van der Waals surface area contributed by atoms with Gasteiger partial charge in [0, 0.05) is 28.8 Å². The number of rotatable bonds is 6. The van der Waals surface area contributed by atoms with E-state index in [1.165, 1.54) is 0 Å². The number of aliphatic hydroxyl groups excluding tert-OH is 1. The first-order chi connectivity index (χ1) is 11.8. The molecule has 4 nitrogen and oxygen atoms in total. The maximum Gasteiger partial charge on any atom is 0.143 e. The molecular weight excluding hydrogens is 338 g/mol. The van der Waals surface area contributed by atoms with Gasteiger partial charge in [-0.25, -0.2) is 0 Å². The fourth-order valence-corrected chi connectivity index (χ4v) is 2.80. The normalized spacial score (nSPS) is 12.6. The van der Waals surface area contributed by atoms with Crippen molar-refractivity contribution < 1.29 is 14.6 Å². The summed E-state index contributed by atoms with van der Waals surface area (Å²) in [4.78, 5) is 0. The second-order valence-corrected chi connectivity index (χ2v) is 7.57. The average molecular weight is 364 g/mol. The second kappa shape index (κ2) is 7.98. The lowest BCUT2D eigenvalue weighted by Gasteiger charge is -2.25.